The van der Waals surface area contributed by atoms with Crippen molar-refractivity contribution in [1.82, 2.24) is 4.90 Å². The van der Waals surface area contributed by atoms with Gasteiger partial charge in [0.25, 0.3) is 11.8 Å². The molecule has 6 heteroatoms. The van der Waals surface area contributed by atoms with E-state index in [1.165, 1.54) is 45.6 Å². The first-order valence-corrected chi connectivity index (χ1v) is 9.41. The topological polar surface area (TPSA) is 81.9 Å². The molecule has 1 saturated carbocycles. The summed E-state index contributed by atoms with van der Waals surface area (Å²) in [6.45, 7) is 1.44. The Morgan fingerprint density at radius 2 is 1.85 bits per heavy atom. The summed E-state index contributed by atoms with van der Waals surface area (Å²) in [6.07, 6.45) is 8.66. The maximum absolute atomic E-state index is 13.0. The predicted molar refractivity (Wildman–Crippen MR) is 98.3 cm³/mol. The van der Waals surface area contributed by atoms with Crippen molar-refractivity contribution in [2.75, 3.05) is 26.8 Å². The van der Waals surface area contributed by atoms with Gasteiger partial charge in [-0.05, 0) is 49.3 Å². The average molecular weight is 360 g/mol. The molecule has 1 heterocycles. The molecule has 1 aliphatic heterocycles. The highest BCUT2D eigenvalue weighted by atomic mass is 16.5. The van der Waals surface area contributed by atoms with Crippen LogP contribution in [-0.4, -0.2) is 43.5 Å². The number of ether oxygens (including phenoxy) is 2. The number of piperidine rings is 1. The first kappa shape index (κ1) is 18.5. The molecule has 0 unspecified atom stereocenters. The van der Waals surface area contributed by atoms with E-state index in [9.17, 15) is 9.59 Å². The average Bonchev–Trinajstić information content (AvgIpc) is 2.66. The molecule has 1 aliphatic carbocycles. The summed E-state index contributed by atoms with van der Waals surface area (Å²) in [5, 5.41) is 0. The molecule has 0 atom stereocenters. The molecule has 0 bridgehead atoms. The Bertz CT molecular complexity index is 662. The number of hydrogen-bond acceptors (Lipinski definition) is 4. The molecule has 1 spiro atoms. The van der Waals surface area contributed by atoms with Gasteiger partial charge in [-0.25, -0.2) is 0 Å². The normalized spacial score (nSPS) is 19.2. The lowest BCUT2D eigenvalue weighted by Crippen LogP contribution is -2.46. The van der Waals surface area contributed by atoms with E-state index in [1.807, 2.05) is 4.90 Å². The third kappa shape index (κ3) is 4.11. The molecule has 2 fully saturated rings. The van der Waals surface area contributed by atoms with Crippen LogP contribution in [0.3, 0.4) is 0 Å². The van der Waals surface area contributed by atoms with Gasteiger partial charge in [-0.1, -0.05) is 19.3 Å². The number of carbonyl (C=O) groups excluding carboxylic acids is 2. The fraction of sp³-hybridized carbons (Fsp3) is 0.600. The quantitative estimate of drug-likeness (QED) is 0.875. The van der Waals surface area contributed by atoms with E-state index in [1.54, 1.807) is 18.2 Å². The van der Waals surface area contributed by atoms with Gasteiger partial charge in [0, 0.05) is 18.7 Å². The third-order valence-corrected chi connectivity index (χ3v) is 5.64. The van der Waals surface area contributed by atoms with Crippen LogP contribution in [0.4, 0.5) is 0 Å². The molecule has 2 N–H and O–H groups in total. The first-order chi connectivity index (χ1) is 12.5. The third-order valence-electron chi connectivity index (χ3n) is 5.64. The van der Waals surface area contributed by atoms with Gasteiger partial charge in [-0.2, -0.15) is 0 Å². The summed E-state index contributed by atoms with van der Waals surface area (Å²) < 4.78 is 10.7. The monoisotopic (exact) mass is 360 g/mol. The van der Waals surface area contributed by atoms with Crippen LogP contribution in [-0.2, 0) is 4.79 Å². The van der Waals surface area contributed by atoms with Crippen LogP contribution in [0.15, 0.2) is 18.2 Å². The number of nitrogens with zero attached hydrogens (tertiary/aromatic N) is 1. The molecule has 1 saturated heterocycles. The van der Waals surface area contributed by atoms with Gasteiger partial charge >= 0.3 is 0 Å². The number of primary amides is 1. The van der Waals surface area contributed by atoms with Crippen molar-refractivity contribution in [2.24, 2.45) is 11.1 Å². The zero-order chi connectivity index (χ0) is 18.6. The second-order valence-electron chi connectivity index (χ2n) is 7.51. The van der Waals surface area contributed by atoms with E-state index in [2.05, 4.69) is 0 Å². The molecule has 1 aromatic carbocycles. The summed E-state index contributed by atoms with van der Waals surface area (Å²) in [4.78, 5) is 25.9. The molecule has 2 amide bonds. The Labute approximate surface area is 154 Å². The van der Waals surface area contributed by atoms with Crippen LogP contribution < -0.4 is 15.2 Å². The van der Waals surface area contributed by atoms with E-state index in [4.69, 9.17) is 15.2 Å². The minimum atomic E-state index is -0.557. The number of nitrogens with two attached hydrogens (primary N) is 1. The zero-order valence-corrected chi connectivity index (χ0v) is 15.5. The number of hydrogen-bond donors (Lipinski definition) is 1. The molecule has 0 aromatic heterocycles. The number of methoxy groups -OCH3 is 1. The first-order valence-electron chi connectivity index (χ1n) is 9.41. The maximum Gasteiger partial charge on any atom is 0.255 e. The largest absolute Gasteiger partial charge is 0.493 e. The molecular weight excluding hydrogens is 332 g/mol. The Hall–Kier alpha value is -2.24. The molecule has 2 aliphatic rings. The molecule has 0 radical (unpaired) electrons. The van der Waals surface area contributed by atoms with Crippen molar-refractivity contribution in [2.45, 2.75) is 44.9 Å². The van der Waals surface area contributed by atoms with Crippen molar-refractivity contribution >= 4 is 11.8 Å². The highest BCUT2D eigenvalue weighted by molar-refractivity contribution is 5.95. The molecule has 3 rings (SSSR count). The minimum Gasteiger partial charge on any atom is -0.493 e. The van der Waals surface area contributed by atoms with Crippen molar-refractivity contribution in [3.05, 3.63) is 23.8 Å². The highest BCUT2D eigenvalue weighted by Gasteiger charge is 2.38. The van der Waals surface area contributed by atoms with Gasteiger partial charge in [0.15, 0.2) is 18.1 Å². The van der Waals surface area contributed by atoms with Gasteiger partial charge in [-0.15, -0.1) is 0 Å². The molecule has 1 aromatic rings. The van der Waals surface area contributed by atoms with Crippen molar-refractivity contribution in [3.63, 3.8) is 0 Å². The summed E-state index contributed by atoms with van der Waals surface area (Å²) in [5.41, 5.74) is 6.01. The predicted octanol–water partition coefficient (Wildman–Crippen LogP) is 2.75. The van der Waals surface area contributed by atoms with Crippen LogP contribution in [0.2, 0.25) is 0 Å². The second kappa shape index (κ2) is 7.98. The Balaban J connectivity index is 1.73. The van der Waals surface area contributed by atoms with E-state index >= 15 is 0 Å². The molecule has 6 nitrogen and oxygen atoms in total. The lowest BCUT2D eigenvalue weighted by Gasteiger charge is -2.45. The van der Waals surface area contributed by atoms with Crippen LogP contribution in [0.25, 0.3) is 0 Å². The van der Waals surface area contributed by atoms with Crippen LogP contribution >= 0.6 is 0 Å². The number of carbonyl (C=O) groups is 2. The summed E-state index contributed by atoms with van der Waals surface area (Å²) in [7, 11) is 1.51. The number of amides is 2. The lowest BCUT2D eigenvalue weighted by molar-refractivity contribution is -0.119. The van der Waals surface area contributed by atoms with Gasteiger partial charge < -0.3 is 20.1 Å². The molecule has 26 heavy (non-hydrogen) atoms. The Kier molecular flexibility index (Phi) is 5.69. The van der Waals surface area contributed by atoms with E-state index in [-0.39, 0.29) is 12.5 Å². The van der Waals surface area contributed by atoms with Crippen molar-refractivity contribution < 1.29 is 19.1 Å². The summed E-state index contributed by atoms with van der Waals surface area (Å²) >= 11 is 0. The van der Waals surface area contributed by atoms with E-state index in [0.29, 0.717) is 22.5 Å². The number of rotatable bonds is 5. The lowest BCUT2D eigenvalue weighted by atomic mass is 9.69. The van der Waals surface area contributed by atoms with E-state index < -0.39 is 5.91 Å². The minimum absolute atomic E-state index is 0.0365. The molecule has 142 valence electrons. The fourth-order valence-electron chi connectivity index (χ4n) is 4.34. The number of likely N-dealkylation sites (tertiary alicyclic amines) is 1. The second-order valence-corrected chi connectivity index (χ2v) is 7.51. The maximum atomic E-state index is 13.0. The number of benzene rings is 1. The zero-order valence-electron chi connectivity index (χ0n) is 15.5. The van der Waals surface area contributed by atoms with Gasteiger partial charge in [0.2, 0.25) is 0 Å². The smallest absolute Gasteiger partial charge is 0.255 e. The SMILES string of the molecule is COc1cc(C(=O)N2CCCC3(CCCCC3)C2)ccc1OCC(N)=O. The summed E-state index contributed by atoms with van der Waals surface area (Å²) in [6, 6.07) is 5.07. The highest BCUT2D eigenvalue weighted by Crippen LogP contribution is 2.43. The van der Waals surface area contributed by atoms with Gasteiger partial charge in [0.05, 0.1) is 7.11 Å². The van der Waals surface area contributed by atoms with Crippen LogP contribution in [0.5, 0.6) is 11.5 Å². The van der Waals surface area contributed by atoms with Crippen LogP contribution in [0.1, 0.15) is 55.3 Å². The van der Waals surface area contributed by atoms with E-state index in [0.717, 1.165) is 19.5 Å². The standard InChI is InChI=1S/C20H28N2O4/c1-25-17-12-15(6-7-16(17)26-13-18(21)23)19(24)22-11-5-10-20(14-22)8-3-2-4-9-20/h6-7,12H,2-5,8-11,13-14H2,1H3,(H2,21,23). The van der Waals surface area contributed by atoms with Gasteiger partial charge in [0.1, 0.15) is 0 Å². The van der Waals surface area contributed by atoms with Crippen LogP contribution in [0, 0.1) is 5.41 Å². The Morgan fingerprint density at radius 1 is 1.12 bits per heavy atom. The van der Waals surface area contributed by atoms with Crippen molar-refractivity contribution in [3.8, 4) is 11.5 Å². The van der Waals surface area contributed by atoms with Crippen molar-refractivity contribution in [1.29, 1.82) is 0 Å². The van der Waals surface area contributed by atoms with Gasteiger partial charge in [-0.3, -0.25) is 9.59 Å². The molecular formula is C20H28N2O4. The fourth-order valence-corrected chi connectivity index (χ4v) is 4.34. The summed E-state index contributed by atoms with van der Waals surface area (Å²) in [5.74, 6) is 0.319. The Morgan fingerprint density at radius 3 is 2.54 bits per heavy atom.